The minimum Gasteiger partial charge on any atom is -0.337 e. The van der Waals surface area contributed by atoms with Gasteiger partial charge in [0.05, 0.1) is 22.7 Å². The molecule has 5 heteroatoms. The molecule has 4 rings (SSSR count). The monoisotopic (exact) mass is 306 g/mol. The number of nitrogens with zero attached hydrogens (tertiary/aromatic N) is 3. The van der Waals surface area contributed by atoms with Crippen LogP contribution in [0, 0.1) is 0 Å². The number of hydrogen-bond donors (Lipinski definition) is 1. The van der Waals surface area contributed by atoms with Gasteiger partial charge in [-0.15, -0.1) is 11.8 Å². The lowest BCUT2D eigenvalue weighted by Crippen LogP contribution is -1.89. The van der Waals surface area contributed by atoms with Crippen LogP contribution < -0.4 is 0 Å². The van der Waals surface area contributed by atoms with Crippen LogP contribution in [-0.2, 0) is 0 Å². The summed E-state index contributed by atoms with van der Waals surface area (Å²) in [5, 5.41) is 0. The summed E-state index contributed by atoms with van der Waals surface area (Å²) in [5.41, 5.74) is 4.57. The summed E-state index contributed by atoms with van der Waals surface area (Å²) in [5.74, 6) is 1.79. The van der Waals surface area contributed by atoms with Crippen LogP contribution in [0.2, 0.25) is 0 Å². The third-order valence-electron chi connectivity index (χ3n) is 3.47. The van der Waals surface area contributed by atoms with Crippen LogP contribution in [0.25, 0.3) is 33.6 Å². The first-order valence-corrected chi connectivity index (χ1v) is 8.17. The number of imidazole rings is 1. The van der Waals surface area contributed by atoms with Crippen LogP contribution >= 0.6 is 11.8 Å². The Balaban J connectivity index is 1.87. The number of fused-ring (bicyclic) bond motifs is 2. The van der Waals surface area contributed by atoms with E-state index >= 15 is 0 Å². The molecule has 2 aromatic heterocycles. The Hall–Kier alpha value is -2.40. The predicted molar refractivity (Wildman–Crippen MR) is 91.0 cm³/mol. The molecule has 0 spiro atoms. The first-order chi connectivity index (χ1) is 10.8. The molecule has 0 aliphatic heterocycles. The van der Waals surface area contributed by atoms with Crippen molar-refractivity contribution < 1.29 is 0 Å². The van der Waals surface area contributed by atoms with Gasteiger partial charge in [0.1, 0.15) is 11.2 Å². The van der Waals surface area contributed by atoms with Gasteiger partial charge >= 0.3 is 0 Å². The van der Waals surface area contributed by atoms with E-state index in [2.05, 4.69) is 27.9 Å². The fraction of sp³-hybridized carbons (Fsp3) is 0.118. The maximum atomic E-state index is 4.73. The van der Waals surface area contributed by atoms with E-state index < -0.39 is 0 Å². The van der Waals surface area contributed by atoms with Gasteiger partial charge < -0.3 is 4.98 Å². The minimum atomic E-state index is 0.761. The van der Waals surface area contributed by atoms with Crippen LogP contribution in [0.4, 0.5) is 0 Å². The van der Waals surface area contributed by atoms with E-state index in [1.54, 1.807) is 18.0 Å². The van der Waals surface area contributed by atoms with E-state index in [0.29, 0.717) is 0 Å². The molecule has 1 N–H and O–H groups in total. The zero-order valence-electron chi connectivity index (χ0n) is 12.1. The molecule has 0 fully saturated rings. The van der Waals surface area contributed by atoms with Crippen molar-refractivity contribution in [1.82, 2.24) is 19.9 Å². The molecule has 0 unspecified atom stereocenters. The first-order valence-electron chi connectivity index (χ1n) is 7.19. The Bertz CT molecular complexity index is 961. The van der Waals surface area contributed by atoms with Gasteiger partial charge in [-0.1, -0.05) is 25.1 Å². The lowest BCUT2D eigenvalue weighted by Gasteiger charge is -1.99. The number of H-pyrrole nitrogens is 1. The first kappa shape index (κ1) is 13.3. The van der Waals surface area contributed by atoms with Crippen molar-refractivity contribution in [2.75, 3.05) is 5.75 Å². The number of para-hydroxylation sites is 3. The second kappa shape index (κ2) is 5.42. The molecule has 2 heterocycles. The second-order valence-electron chi connectivity index (χ2n) is 4.91. The van der Waals surface area contributed by atoms with Gasteiger partial charge in [-0.25, -0.2) is 9.97 Å². The quantitative estimate of drug-likeness (QED) is 0.574. The van der Waals surface area contributed by atoms with Crippen LogP contribution in [-0.4, -0.2) is 25.7 Å². The molecule has 0 saturated heterocycles. The van der Waals surface area contributed by atoms with Crippen LogP contribution in [0.1, 0.15) is 6.92 Å². The Morgan fingerprint density at radius 2 is 1.86 bits per heavy atom. The third kappa shape index (κ3) is 2.23. The van der Waals surface area contributed by atoms with Crippen molar-refractivity contribution in [1.29, 1.82) is 0 Å². The van der Waals surface area contributed by atoms with E-state index in [-0.39, 0.29) is 0 Å². The molecule has 0 bridgehead atoms. The van der Waals surface area contributed by atoms with Gasteiger partial charge in [-0.05, 0) is 30.0 Å². The van der Waals surface area contributed by atoms with Crippen molar-refractivity contribution in [3.05, 3.63) is 48.7 Å². The smallest absolute Gasteiger partial charge is 0.158 e. The molecule has 0 saturated carbocycles. The molecular weight excluding hydrogens is 292 g/mol. The maximum absolute atomic E-state index is 4.73. The van der Waals surface area contributed by atoms with Crippen molar-refractivity contribution >= 4 is 33.8 Å². The maximum Gasteiger partial charge on any atom is 0.158 e. The molecule has 2 aromatic carbocycles. The summed E-state index contributed by atoms with van der Waals surface area (Å²) < 4.78 is 0. The van der Waals surface area contributed by atoms with Gasteiger partial charge in [0.15, 0.2) is 5.82 Å². The number of rotatable bonds is 3. The van der Waals surface area contributed by atoms with Crippen LogP contribution in [0.5, 0.6) is 0 Å². The van der Waals surface area contributed by atoms with Crippen molar-refractivity contribution in [3.8, 4) is 11.5 Å². The lowest BCUT2D eigenvalue weighted by molar-refractivity contribution is 1.22. The van der Waals surface area contributed by atoms with Crippen LogP contribution in [0.15, 0.2) is 53.6 Å². The molecule has 4 aromatic rings. The largest absolute Gasteiger partial charge is 0.337 e. The summed E-state index contributed by atoms with van der Waals surface area (Å²) in [7, 11) is 0. The summed E-state index contributed by atoms with van der Waals surface area (Å²) >= 11 is 1.80. The Morgan fingerprint density at radius 1 is 1.00 bits per heavy atom. The Kier molecular flexibility index (Phi) is 3.27. The van der Waals surface area contributed by atoms with E-state index in [0.717, 1.165) is 39.3 Å². The average molecular weight is 306 g/mol. The standard InChI is InChI=1S/C17H14N4S/c1-2-22-15-9-5-8-13-16(15)21-17(20-13)14-10-18-11-6-3-4-7-12(11)19-14/h3-10H,2H2,1H3,(H,20,21). The second-order valence-corrected chi connectivity index (χ2v) is 6.22. The van der Waals surface area contributed by atoms with Crippen molar-refractivity contribution in [3.63, 3.8) is 0 Å². The molecular formula is C17H14N4S. The van der Waals surface area contributed by atoms with E-state index in [1.165, 1.54) is 4.90 Å². The zero-order chi connectivity index (χ0) is 14.9. The SMILES string of the molecule is CCSc1cccc2[nH]c(-c3cnc4ccccc4n3)nc12. The Labute approximate surface area is 132 Å². The molecule has 0 amide bonds. The zero-order valence-corrected chi connectivity index (χ0v) is 12.9. The summed E-state index contributed by atoms with van der Waals surface area (Å²) in [6.45, 7) is 2.14. The Morgan fingerprint density at radius 3 is 2.73 bits per heavy atom. The van der Waals surface area contributed by atoms with Crippen LogP contribution in [0.3, 0.4) is 0 Å². The molecule has 4 nitrogen and oxygen atoms in total. The van der Waals surface area contributed by atoms with Crippen molar-refractivity contribution in [2.24, 2.45) is 0 Å². The third-order valence-corrected chi connectivity index (χ3v) is 4.40. The highest BCUT2D eigenvalue weighted by Gasteiger charge is 2.10. The highest BCUT2D eigenvalue weighted by molar-refractivity contribution is 7.99. The van der Waals surface area contributed by atoms with Gasteiger partial charge in [-0.3, -0.25) is 4.98 Å². The van der Waals surface area contributed by atoms with Gasteiger partial charge in [0, 0.05) is 4.90 Å². The summed E-state index contributed by atoms with van der Waals surface area (Å²) in [4.78, 5) is 18.4. The highest BCUT2D eigenvalue weighted by Crippen LogP contribution is 2.28. The topological polar surface area (TPSA) is 54.5 Å². The number of nitrogens with one attached hydrogen (secondary N) is 1. The number of aromatic nitrogens is 4. The molecule has 0 atom stereocenters. The molecule has 108 valence electrons. The number of benzene rings is 2. The number of aromatic amines is 1. The highest BCUT2D eigenvalue weighted by atomic mass is 32.2. The molecule has 0 aliphatic carbocycles. The number of hydrogen-bond acceptors (Lipinski definition) is 4. The van der Waals surface area contributed by atoms with E-state index in [1.807, 2.05) is 36.4 Å². The molecule has 22 heavy (non-hydrogen) atoms. The van der Waals surface area contributed by atoms with Gasteiger partial charge in [0.2, 0.25) is 0 Å². The summed E-state index contributed by atoms with van der Waals surface area (Å²) in [6.07, 6.45) is 1.77. The predicted octanol–water partition coefficient (Wildman–Crippen LogP) is 4.29. The fourth-order valence-electron chi connectivity index (χ4n) is 2.47. The normalized spacial score (nSPS) is 11.3. The average Bonchev–Trinajstić information content (AvgIpc) is 3.00. The fourth-order valence-corrected chi connectivity index (χ4v) is 3.25. The lowest BCUT2D eigenvalue weighted by atomic mass is 10.3. The van der Waals surface area contributed by atoms with E-state index in [9.17, 15) is 0 Å². The molecule has 0 aliphatic rings. The summed E-state index contributed by atoms with van der Waals surface area (Å²) in [6, 6.07) is 14.1. The van der Waals surface area contributed by atoms with E-state index in [4.69, 9.17) is 4.98 Å². The van der Waals surface area contributed by atoms with Gasteiger partial charge in [0.25, 0.3) is 0 Å². The minimum absolute atomic E-state index is 0.761. The molecule has 0 radical (unpaired) electrons. The van der Waals surface area contributed by atoms with Crippen molar-refractivity contribution in [2.45, 2.75) is 11.8 Å². The van der Waals surface area contributed by atoms with Gasteiger partial charge in [-0.2, -0.15) is 0 Å². The number of thioether (sulfide) groups is 1.